The van der Waals surface area contributed by atoms with Crippen LogP contribution in [0.25, 0.3) is 11.0 Å². The van der Waals surface area contributed by atoms with Gasteiger partial charge in [0.1, 0.15) is 0 Å². The van der Waals surface area contributed by atoms with Crippen LogP contribution in [0.15, 0.2) is 54.7 Å². The summed E-state index contributed by atoms with van der Waals surface area (Å²) in [5.41, 5.74) is 3.01. The van der Waals surface area contributed by atoms with E-state index in [9.17, 15) is 9.59 Å². The first-order chi connectivity index (χ1) is 10.7. The largest absolute Gasteiger partial charge is 0.269 e. The fourth-order valence-corrected chi connectivity index (χ4v) is 2.62. The maximum Gasteiger partial charge on any atom is 0.261 e. The molecule has 2 aromatic carbocycles. The van der Waals surface area contributed by atoms with Crippen molar-refractivity contribution in [2.45, 2.75) is 6.54 Å². The zero-order valence-electron chi connectivity index (χ0n) is 11.6. The average Bonchev–Trinajstić information content (AvgIpc) is 2.80. The third-order valence-corrected chi connectivity index (χ3v) is 3.70. The van der Waals surface area contributed by atoms with Crippen molar-refractivity contribution >= 4 is 22.8 Å². The van der Waals surface area contributed by atoms with Crippen LogP contribution in [0.1, 0.15) is 26.4 Å². The molecule has 0 spiro atoms. The van der Waals surface area contributed by atoms with Crippen molar-refractivity contribution in [2.24, 2.45) is 0 Å². The molecular weight excluding hydrogens is 278 g/mol. The Morgan fingerprint density at radius 2 is 1.41 bits per heavy atom. The second-order valence-corrected chi connectivity index (χ2v) is 5.09. The van der Waals surface area contributed by atoms with Crippen LogP contribution in [0.4, 0.5) is 0 Å². The fraction of sp³-hybridized carbons (Fsp3) is 0.0588. The molecule has 0 bridgehead atoms. The number of carbonyl (C=O) groups excluding carboxylic acids is 2. The number of aromatic nitrogens is 2. The van der Waals surface area contributed by atoms with Crippen LogP contribution in [0, 0.1) is 0 Å². The van der Waals surface area contributed by atoms with Crippen LogP contribution in [-0.4, -0.2) is 26.7 Å². The normalized spacial score (nSPS) is 13.7. The Bertz CT molecular complexity index is 885. The lowest BCUT2D eigenvalue weighted by atomic mass is 10.1. The molecule has 1 aliphatic rings. The van der Waals surface area contributed by atoms with Gasteiger partial charge in [-0.3, -0.25) is 19.5 Å². The van der Waals surface area contributed by atoms with Crippen molar-refractivity contribution in [2.75, 3.05) is 0 Å². The first-order valence-corrected chi connectivity index (χ1v) is 6.90. The minimum atomic E-state index is -0.282. The van der Waals surface area contributed by atoms with Crippen LogP contribution in [0.3, 0.4) is 0 Å². The van der Waals surface area contributed by atoms with Gasteiger partial charge in [-0.25, -0.2) is 4.98 Å². The number of benzene rings is 2. The van der Waals surface area contributed by atoms with E-state index in [1.54, 1.807) is 30.5 Å². The van der Waals surface area contributed by atoms with Gasteiger partial charge >= 0.3 is 0 Å². The summed E-state index contributed by atoms with van der Waals surface area (Å²) in [7, 11) is 0. The van der Waals surface area contributed by atoms with Crippen molar-refractivity contribution in [3.05, 3.63) is 71.5 Å². The van der Waals surface area contributed by atoms with E-state index in [4.69, 9.17) is 0 Å². The van der Waals surface area contributed by atoms with Crippen molar-refractivity contribution < 1.29 is 9.59 Å². The molecule has 0 atom stereocenters. The summed E-state index contributed by atoms with van der Waals surface area (Å²) in [6.07, 6.45) is 1.60. The number of imide groups is 1. The van der Waals surface area contributed by atoms with Crippen LogP contribution in [-0.2, 0) is 6.54 Å². The number of hydrogen-bond acceptors (Lipinski definition) is 4. The molecule has 0 saturated heterocycles. The standard InChI is InChI=1S/C17H11N3O2/c21-16-12-5-1-2-6-13(12)17(22)20(16)10-11-9-18-14-7-3-4-8-15(14)19-11/h1-9H,10H2. The third kappa shape index (κ3) is 1.87. The molecule has 0 radical (unpaired) electrons. The zero-order chi connectivity index (χ0) is 15.1. The van der Waals surface area contributed by atoms with Gasteiger partial charge in [-0.2, -0.15) is 0 Å². The predicted molar refractivity (Wildman–Crippen MR) is 80.2 cm³/mol. The Hall–Kier alpha value is -3.08. The summed E-state index contributed by atoms with van der Waals surface area (Å²) < 4.78 is 0. The Balaban J connectivity index is 1.69. The van der Waals surface area contributed by atoms with Gasteiger partial charge in [0.15, 0.2) is 0 Å². The molecular formula is C17H11N3O2. The van der Waals surface area contributed by atoms with Crippen molar-refractivity contribution in [1.82, 2.24) is 14.9 Å². The molecule has 0 fully saturated rings. The molecule has 3 aromatic rings. The molecule has 0 saturated carbocycles. The van der Waals surface area contributed by atoms with Gasteiger partial charge in [-0.15, -0.1) is 0 Å². The van der Waals surface area contributed by atoms with Gasteiger partial charge in [-0.05, 0) is 24.3 Å². The van der Waals surface area contributed by atoms with Gasteiger partial charge in [0, 0.05) is 0 Å². The summed E-state index contributed by atoms with van der Waals surface area (Å²) >= 11 is 0. The van der Waals surface area contributed by atoms with E-state index in [1.165, 1.54) is 4.90 Å². The van der Waals surface area contributed by atoms with Crippen molar-refractivity contribution in [3.8, 4) is 0 Å². The SMILES string of the molecule is O=C1c2ccccc2C(=O)N1Cc1cnc2ccccc2n1. The van der Waals surface area contributed by atoms with E-state index < -0.39 is 0 Å². The molecule has 2 amide bonds. The summed E-state index contributed by atoms with van der Waals surface area (Å²) in [6, 6.07) is 14.3. The molecule has 1 aliphatic heterocycles. The molecule has 1 aromatic heterocycles. The quantitative estimate of drug-likeness (QED) is 0.680. The molecule has 22 heavy (non-hydrogen) atoms. The van der Waals surface area contributed by atoms with Crippen molar-refractivity contribution in [1.29, 1.82) is 0 Å². The lowest BCUT2D eigenvalue weighted by Crippen LogP contribution is -2.29. The molecule has 4 rings (SSSR count). The van der Waals surface area contributed by atoms with Gasteiger partial charge in [0.2, 0.25) is 0 Å². The first-order valence-electron chi connectivity index (χ1n) is 6.90. The van der Waals surface area contributed by atoms with Crippen LogP contribution in [0.5, 0.6) is 0 Å². The molecule has 0 unspecified atom stereocenters. The number of nitrogens with zero attached hydrogens (tertiary/aromatic N) is 3. The topological polar surface area (TPSA) is 63.2 Å². The lowest BCUT2D eigenvalue weighted by molar-refractivity contribution is 0.0640. The highest BCUT2D eigenvalue weighted by atomic mass is 16.2. The summed E-state index contributed by atoms with van der Waals surface area (Å²) in [6.45, 7) is 0.129. The predicted octanol–water partition coefficient (Wildman–Crippen LogP) is 2.43. The molecule has 5 nitrogen and oxygen atoms in total. The highest BCUT2D eigenvalue weighted by Crippen LogP contribution is 2.24. The highest BCUT2D eigenvalue weighted by molar-refractivity contribution is 6.21. The minimum Gasteiger partial charge on any atom is -0.269 e. The highest BCUT2D eigenvalue weighted by Gasteiger charge is 2.35. The first kappa shape index (κ1) is 12.6. The minimum absolute atomic E-state index is 0.129. The van der Waals surface area contributed by atoms with Gasteiger partial charge in [0.05, 0.1) is 40.6 Å². The fourth-order valence-electron chi connectivity index (χ4n) is 2.62. The maximum absolute atomic E-state index is 12.3. The third-order valence-electron chi connectivity index (χ3n) is 3.70. The second-order valence-electron chi connectivity index (χ2n) is 5.09. The summed E-state index contributed by atoms with van der Waals surface area (Å²) in [5.74, 6) is -0.564. The van der Waals surface area contributed by atoms with Crippen LogP contribution < -0.4 is 0 Å². The Morgan fingerprint density at radius 3 is 2.09 bits per heavy atom. The Morgan fingerprint density at radius 1 is 0.818 bits per heavy atom. The lowest BCUT2D eigenvalue weighted by Gasteiger charge is -2.13. The van der Waals surface area contributed by atoms with Crippen LogP contribution in [0.2, 0.25) is 0 Å². The van der Waals surface area contributed by atoms with E-state index in [0.29, 0.717) is 16.8 Å². The zero-order valence-corrected chi connectivity index (χ0v) is 11.6. The monoisotopic (exact) mass is 289 g/mol. The number of para-hydroxylation sites is 2. The molecule has 2 heterocycles. The number of hydrogen-bond donors (Lipinski definition) is 0. The number of carbonyl (C=O) groups is 2. The number of amides is 2. The number of fused-ring (bicyclic) bond motifs is 2. The van der Waals surface area contributed by atoms with Gasteiger partial charge in [-0.1, -0.05) is 24.3 Å². The maximum atomic E-state index is 12.3. The van der Waals surface area contributed by atoms with Gasteiger partial charge in [0.25, 0.3) is 11.8 Å². The van der Waals surface area contributed by atoms with E-state index in [-0.39, 0.29) is 18.4 Å². The van der Waals surface area contributed by atoms with Crippen molar-refractivity contribution in [3.63, 3.8) is 0 Å². The molecule has 5 heteroatoms. The summed E-state index contributed by atoms with van der Waals surface area (Å²) in [4.78, 5) is 34.6. The van der Waals surface area contributed by atoms with E-state index in [1.807, 2.05) is 24.3 Å². The van der Waals surface area contributed by atoms with Crippen LogP contribution >= 0.6 is 0 Å². The second kappa shape index (κ2) is 4.73. The smallest absolute Gasteiger partial charge is 0.261 e. The molecule has 106 valence electrons. The number of rotatable bonds is 2. The van der Waals surface area contributed by atoms with Gasteiger partial charge < -0.3 is 0 Å². The molecule has 0 N–H and O–H groups in total. The molecule has 0 aliphatic carbocycles. The Labute approximate surface area is 126 Å². The van der Waals surface area contributed by atoms with E-state index in [0.717, 1.165) is 11.0 Å². The van der Waals surface area contributed by atoms with E-state index in [2.05, 4.69) is 9.97 Å². The Kier molecular flexibility index (Phi) is 2.72. The summed E-state index contributed by atoms with van der Waals surface area (Å²) in [5, 5.41) is 0. The van der Waals surface area contributed by atoms with E-state index >= 15 is 0 Å². The average molecular weight is 289 g/mol.